The number of fused-ring (bicyclic) bond motifs is 2. The van der Waals surface area contributed by atoms with Crippen LogP contribution in [0.3, 0.4) is 0 Å². The van der Waals surface area contributed by atoms with E-state index in [1.54, 1.807) is 39.7 Å². The molecule has 9 heteroatoms. The summed E-state index contributed by atoms with van der Waals surface area (Å²) in [4.78, 5) is 39.7. The molecule has 1 fully saturated rings. The standard InChI is InChI=1S/C21H22N6O3/c1-30-10-9-26-18-3-2-7-22-19(18)27(21(26)29)15-6-8-25(12-15)20(28)14-4-5-16-17(11-14)24-13-23-16/h2-5,7,11,13,15H,6,8-10,12H2,1H3,(H,23,24)/t15-/m1/s1. The summed E-state index contributed by atoms with van der Waals surface area (Å²) in [6.07, 6.45) is 4.01. The Kier molecular flexibility index (Phi) is 4.59. The number of amides is 1. The summed E-state index contributed by atoms with van der Waals surface area (Å²) in [5, 5.41) is 0. The summed E-state index contributed by atoms with van der Waals surface area (Å²) in [7, 11) is 1.61. The molecule has 4 heterocycles. The number of pyridine rings is 1. The highest BCUT2D eigenvalue weighted by atomic mass is 16.5. The van der Waals surface area contributed by atoms with Gasteiger partial charge >= 0.3 is 5.69 Å². The molecule has 0 spiro atoms. The van der Waals surface area contributed by atoms with Gasteiger partial charge in [0.25, 0.3) is 5.91 Å². The number of hydrogen-bond donors (Lipinski definition) is 1. The number of imidazole rings is 2. The Bertz CT molecular complexity index is 1290. The minimum atomic E-state index is -0.112. The summed E-state index contributed by atoms with van der Waals surface area (Å²) < 4.78 is 8.59. The van der Waals surface area contributed by atoms with Crippen molar-refractivity contribution in [3.8, 4) is 0 Å². The van der Waals surface area contributed by atoms with Crippen molar-refractivity contribution in [3.63, 3.8) is 0 Å². The Labute approximate surface area is 171 Å². The van der Waals surface area contributed by atoms with Crippen molar-refractivity contribution in [1.29, 1.82) is 0 Å². The van der Waals surface area contributed by atoms with E-state index in [0.717, 1.165) is 16.6 Å². The molecule has 1 aromatic carbocycles. The molecule has 154 valence electrons. The molecule has 0 bridgehead atoms. The largest absolute Gasteiger partial charge is 0.383 e. The molecule has 5 rings (SSSR count). The Morgan fingerprint density at radius 3 is 3.07 bits per heavy atom. The Morgan fingerprint density at radius 1 is 1.30 bits per heavy atom. The number of aromatic amines is 1. The van der Waals surface area contributed by atoms with Gasteiger partial charge in [-0.25, -0.2) is 14.8 Å². The molecule has 0 saturated carbocycles. The summed E-state index contributed by atoms with van der Waals surface area (Å²) in [6, 6.07) is 9.06. The average Bonchev–Trinajstić information content (AvgIpc) is 3.48. The molecule has 3 aromatic heterocycles. The monoisotopic (exact) mass is 406 g/mol. The Balaban J connectivity index is 1.44. The average molecular weight is 406 g/mol. The molecule has 1 atom stereocenters. The lowest BCUT2D eigenvalue weighted by molar-refractivity contribution is 0.0788. The lowest BCUT2D eigenvalue weighted by Gasteiger charge is -2.17. The van der Waals surface area contributed by atoms with Crippen LogP contribution in [0.15, 0.2) is 47.7 Å². The van der Waals surface area contributed by atoms with Gasteiger partial charge in [0, 0.05) is 32.0 Å². The van der Waals surface area contributed by atoms with Crippen molar-refractivity contribution in [3.05, 3.63) is 58.9 Å². The van der Waals surface area contributed by atoms with Crippen LogP contribution >= 0.6 is 0 Å². The zero-order chi connectivity index (χ0) is 20.7. The molecule has 30 heavy (non-hydrogen) atoms. The first-order valence-electron chi connectivity index (χ1n) is 9.94. The highest BCUT2D eigenvalue weighted by molar-refractivity contribution is 5.97. The summed E-state index contributed by atoms with van der Waals surface area (Å²) in [5.74, 6) is -0.0434. The number of methoxy groups -OCH3 is 1. The minimum Gasteiger partial charge on any atom is -0.383 e. The fourth-order valence-electron chi connectivity index (χ4n) is 4.22. The number of likely N-dealkylation sites (tertiary alicyclic amines) is 1. The van der Waals surface area contributed by atoms with Gasteiger partial charge in [-0.3, -0.25) is 13.9 Å². The summed E-state index contributed by atoms with van der Waals surface area (Å²) in [5.41, 5.74) is 3.59. The first-order valence-corrected chi connectivity index (χ1v) is 9.94. The van der Waals surface area contributed by atoms with Crippen LogP contribution in [0.25, 0.3) is 22.2 Å². The molecular formula is C21H22N6O3. The smallest absolute Gasteiger partial charge is 0.330 e. The molecule has 1 aliphatic heterocycles. The molecule has 0 radical (unpaired) electrons. The molecule has 9 nitrogen and oxygen atoms in total. The third-order valence-corrected chi connectivity index (χ3v) is 5.72. The first kappa shape index (κ1) is 18.6. The topological polar surface area (TPSA) is 98.0 Å². The van der Waals surface area contributed by atoms with E-state index in [0.29, 0.717) is 43.9 Å². The molecule has 1 amide bonds. The number of H-pyrrole nitrogens is 1. The van der Waals surface area contributed by atoms with E-state index in [9.17, 15) is 9.59 Å². The van der Waals surface area contributed by atoms with Gasteiger partial charge in [-0.1, -0.05) is 0 Å². The highest BCUT2D eigenvalue weighted by Crippen LogP contribution is 2.26. The number of rotatable bonds is 5. The number of nitrogens with one attached hydrogen (secondary N) is 1. The van der Waals surface area contributed by atoms with Gasteiger partial charge in [0.2, 0.25) is 0 Å². The van der Waals surface area contributed by atoms with E-state index < -0.39 is 0 Å². The fraction of sp³-hybridized carbons (Fsp3) is 0.333. The number of aromatic nitrogens is 5. The highest BCUT2D eigenvalue weighted by Gasteiger charge is 2.31. The zero-order valence-corrected chi connectivity index (χ0v) is 16.6. The molecule has 0 aliphatic carbocycles. The van der Waals surface area contributed by atoms with Gasteiger partial charge in [-0.05, 0) is 36.8 Å². The molecule has 1 saturated heterocycles. The van der Waals surface area contributed by atoms with Crippen LogP contribution in [0.4, 0.5) is 0 Å². The van der Waals surface area contributed by atoms with Crippen molar-refractivity contribution in [2.75, 3.05) is 26.8 Å². The Morgan fingerprint density at radius 2 is 2.20 bits per heavy atom. The van der Waals surface area contributed by atoms with Gasteiger partial charge in [-0.2, -0.15) is 0 Å². The van der Waals surface area contributed by atoms with Crippen LogP contribution in [0, 0.1) is 0 Å². The van der Waals surface area contributed by atoms with Gasteiger partial charge in [0.1, 0.15) is 0 Å². The quantitative estimate of drug-likeness (QED) is 0.545. The number of carbonyl (C=O) groups excluding carboxylic acids is 1. The van der Waals surface area contributed by atoms with E-state index in [-0.39, 0.29) is 17.6 Å². The van der Waals surface area contributed by atoms with E-state index in [2.05, 4.69) is 15.0 Å². The zero-order valence-electron chi connectivity index (χ0n) is 16.6. The molecular weight excluding hydrogens is 384 g/mol. The predicted molar refractivity (Wildman–Crippen MR) is 112 cm³/mol. The minimum absolute atomic E-state index is 0.0434. The van der Waals surface area contributed by atoms with Crippen molar-refractivity contribution < 1.29 is 9.53 Å². The number of ether oxygens (including phenoxy) is 1. The van der Waals surface area contributed by atoms with Crippen molar-refractivity contribution >= 4 is 28.1 Å². The first-order chi connectivity index (χ1) is 14.7. The lowest BCUT2D eigenvalue weighted by Crippen LogP contribution is -2.32. The normalized spacial score (nSPS) is 16.7. The molecule has 1 aliphatic rings. The second kappa shape index (κ2) is 7.42. The summed E-state index contributed by atoms with van der Waals surface area (Å²) in [6.45, 7) is 1.97. The number of nitrogens with zero attached hydrogens (tertiary/aromatic N) is 5. The number of hydrogen-bond acceptors (Lipinski definition) is 5. The van der Waals surface area contributed by atoms with Gasteiger partial charge in [0.05, 0.1) is 42.1 Å². The maximum Gasteiger partial charge on any atom is 0.330 e. The van der Waals surface area contributed by atoms with Gasteiger partial charge in [0.15, 0.2) is 5.65 Å². The third-order valence-electron chi connectivity index (χ3n) is 5.72. The van der Waals surface area contributed by atoms with Crippen molar-refractivity contribution in [2.45, 2.75) is 19.0 Å². The second-order valence-electron chi connectivity index (χ2n) is 7.47. The van der Waals surface area contributed by atoms with E-state index in [4.69, 9.17) is 4.74 Å². The van der Waals surface area contributed by atoms with Crippen molar-refractivity contribution in [1.82, 2.24) is 29.0 Å². The van der Waals surface area contributed by atoms with Gasteiger partial charge < -0.3 is 14.6 Å². The van der Waals surface area contributed by atoms with Crippen molar-refractivity contribution in [2.24, 2.45) is 0 Å². The van der Waals surface area contributed by atoms with E-state index >= 15 is 0 Å². The predicted octanol–water partition coefficient (Wildman–Crippen LogP) is 1.81. The van der Waals surface area contributed by atoms with Gasteiger partial charge in [-0.15, -0.1) is 0 Å². The number of benzene rings is 1. The molecule has 4 aromatic rings. The van der Waals surface area contributed by atoms with Crippen LogP contribution in [0.5, 0.6) is 0 Å². The molecule has 1 N–H and O–H groups in total. The van der Waals surface area contributed by atoms with E-state index in [1.165, 1.54) is 0 Å². The number of carbonyl (C=O) groups is 1. The van der Waals surface area contributed by atoms with Crippen LogP contribution < -0.4 is 5.69 Å². The lowest BCUT2D eigenvalue weighted by atomic mass is 10.2. The third kappa shape index (κ3) is 2.98. The fourth-order valence-corrected chi connectivity index (χ4v) is 4.22. The summed E-state index contributed by atoms with van der Waals surface area (Å²) >= 11 is 0. The van der Waals surface area contributed by atoms with Crippen LogP contribution in [-0.2, 0) is 11.3 Å². The SMILES string of the molecule is COCCn1c(=O)n([C@@H]2CCN(C(=O)c3ccc4nc[nH]c4c3)C2)c2ncccc21. The second-order valence-corrected chi connectivity index (χ2v) is 7.47. The van der Waals surface area contributed by atoms with Crippen LogP contribution in [-0.4, -0.2) is 61.7 Å². The maximum atomic E-state index is 13.2. The maximum absolute atomic E-state index is 13.2. The van der Waals surface area contributed by atoms with Crippen LogP contribution in [0.1, 0.15) is 22.8 Å². The Hall–Kier alpha value is -3.46. The van der Waals surface area contributed by atoms with E-state index in [1.807, 2.05) is 24.3 Å². The molecule has 0 unspecified atom stereocenters. The van der Waals surface area contributed by atoms with Crippen LogP contribution in [0.2, 0.25) is 0 Å².